The third-order valence-corrected chi connectivity index (χ3v) is 9.97. The molecule has 1 aliphatic carbocycles. The Morgan fingerprint density at radius 3 is 2.22 bits per heavy atom. The van der Waals surface area contributed by atoms with E-state index in [2.05, 4.69) is 5.32 Å². The van der Waals surface area contributed by atoms with Gasteiger partial charge in [0.2, 0.25) is 11.8 Å². The van der Waals surface area contributed by atoms with Gasteiger partial charge in [-0.05, 0) is 99.2 Å². The van der Waals surface area contributed by atoms with E-state index in [0.29, 0.717) is 10.7 Å². The Balaban J connectivity index is 1.71. The summed E-state index contributed by atoms with van der Waals surface area (Å²) < 4.78 is 29.1. The lowest BCUT2D eigenvalue weighted by molar-refractivity contribution is -0.139. The number of amides is 2. The standard InChI is InChI=1S/C32H38ClN3O4S/c1-22-13-16-29(19-24(22)3)36(41(39,40)30-17-14-27(33)15-18-30)21-31(37)35(20-26-10-6-5-9-23(26)2)25(4)32(38)34-28-11-7-8-12-28/h5-6,9-10,13-19,25,28H,7-8,11-12,20-21H2,1-4H3,(H,34,38). The number of sulfonamides is 1. The number of halogens is 1. The van der Waals surface area contributed by atoms with Crippen molar-refractivity contribution in [1.82, 2.24) is 10.2 Å². The van der Waals surface area contributed by atoms with Crippen molar-refractivity contribution >= 4 is 39.1 Å². The summed E-state index contributed by atoms with van der Waals surface area (Å²) in [6, 6.07) is 18.1. The van der Waals surface area contributed by atoms with E-state index in [4.69, 9.17) is 11.6 Å². The van der Waals surface area contributed by atoms with E-state index >= 15 is 0 Å². The van der Waals surface area contributed by atoms with E-state index in [0.717, 1.165) is 52.2 Å². The molecule has 2 amide bonds. The quantitative estimate of drug-likeness (QED) is 0.314. The van der Waals surface area contributed by atoms with Gasteiger partial charge in [-0.2, -0.15) is 0 Å². The average molecular weight is 596 g/mol. The first-order valence-electron chi connectivity index (χ1n) is 14.0. The molecule has 1 unspecified atom stereocenters. The Bertz CT molecular complexity index is 1500. The molecule has 7 nitrogen and oxygen atoms in total. The molecule has 0 saturated heterocycles. The second kappa shape index (κ2) is 13.1. The number of nitrogens with one attached hydrogen (secondary N) is 1. The second-order valence-corrected chi connectivity index (χ2v) is 13.1. The summed E-state index contributed by atoms with van der Waals surface area (Å²) in [6.45, 7) is 7.19. The maximum absolute atomic E-state index is 14.1. The topological polar surface area (TPSA) is 86.8 Å². The first-order valence-corrected chi connectivity index (χ1v) is 15.8. The molecule has 218 valence electrons. The molecule has 3 aromatic rings. The Morgan fingerprint density at radius 1 is 0.927 bits per heavy atom. The van der Waals surface area contributed by atoms with E-state index in [1.54, 1.807) is 19.1 Å². The predicted molar refractivity (Wildman–Crippen MR) is 163 cm³/mol. The summed E-state index contributed by atoms with van der Waals surface area (Å²) in [5.41, 5.74) is 4.14. The van der Waals surface area contributed by atoms with Gasteiger partial charge in [-0.15, -0.1) is 0 Å². The molecule has 4 rings (SSSR count). The lowest BCUT2D eigenvalue weighted by atomic mass is 10.1. The van der Waals surface area contributed by atoms with Crippen LogP contribution < -0.4 is 9.62 Å². The molecule has 41 heavy (non-hydrogen) atoms. The Hall–Kier alpha value is -3.36. The Labute approximate surface area is 248 Å². The fraction of sp³-hybridized carbons (Fsp3) is 0.375. The first-order chi connectivity index (χ1) is 19.5. The van der Waals surface area contributed by atoms with Crippen molar-refractivity contribution in [2.24, 2.45) is 0 Å². The molecule has 0 bridgehead atoms. The molecule has 1 N–H and O–H groups in total. The van der Waals surface area contributed by atoms with Crippen LogP contribution in [0.1, 0.15) is 54.9 Å². The Morgan fingerprint density at radius 2 is 1.59 bits per heavy atom. The van der Waals surface area contributed by atoms with Crippen molar-refractivity contribution in [2.75, 3.05) is 10.8 Å². The molecule has 1 fully saturated rings. The van der Waals surface area contributed by atoms with Crippen LogP contribution in [-0.2, 0) is 26.2 Å². The normalized spacial score (nSPS) is 14.5. The summed E-state index contributed by atoms with van der Waals surface area (Å²) in [6.07, 6.45) is 3.98. The van der Waals surface area contributed by atoms with Gasteiger partial charge in [0.25, 0.3) is 10.0 Å². The van der Waals surface area contributed by atoms with Crippen molar-refractivity contribution in [3.63, 3.8) is 0 Å². The smallest absolute Gasteiger partial charge is 0.264 e. The summed E-state index contributed by atoms with van der Waals surface area (Å²) in [4.78, 5) is 29.0. The van der Waals surface area contributed by atoms with Crippen LogP contribution in [-0.4, -0.2) is 43.8 Å². The van der Waals surface area contributed by atoms with E-state index in [-0.39, 0.29) is 23.4 Å². The van der Waals surface area contributed by atoms with Crippen molar-refractivity contribution in [3.8, 4) is 0 Å². The summed E-state index contributed by atoms with van der Waals surface area (Å²) >= 11 is 6.03. The van der Waals surface area contributed by atoms with Crippen molar-refractivity contribution in [2.45, 2.75) is 76.9 Å². The number of benzene rings is 3. The van der Waals surface area contributed by atoms with Crippen molar-refractivity contribution in [1.29, 1.82) is 0 Å². The molecule has 1 atom stereocenters. The summed E-state index contributed by atoms with van der Waals surface area (Å²) in [7, 11) is -4.15. The van der Waals surface area contributed by atoms with E-state index in [1.165, 1.54) is 29.2 Å². The molecular weight excluding hydrogens is 558 g/mol. The van der Waals surface area contributed by atoms with Gasteiger partial charge in [0.1, 0.15) is 12.6 Å². The van der Waals surface area contributed by atoms with Gasteiger partial charge in [-0.3, -0.25) is 13.9 Å². The number of carbonyl (C=O) groups excluding carboxylic acids is 2. The third-order valence-electron chi connectivity index (χ3n) is 7.93. The van der Waals surface area contributed by atoms with Crippen LogP contribution in [0.4, 0.5) is 5.69 Å². The van der Waals surface area contributed by atoms with E-state index in [9.17, 15) is 18.0 Å². The second-order valence-electron chi connectivity index (χ2n) is 10.8. The molecule has 1 aliphatic rings. The van der Waals surface area contributed by atoms with Gasteiger partial charge in [0.15, 0.2) is 0 Å². The summed E-state index contributed by atoms with van der Waals surface area (Å²) in [5, 5.41) is 3.50. The number of nitrogens with zero attached hydrogens (tertiary/aromatic N) is 2. The molecule has 0 spiro atoms. The lowest BCUT2D eigenvalue weighted by Gasteiger charge is -2.33. The zero-order valence-corrected chi connectivity index (χ0v) is 25.6. The van der Waals surface area contributed by atoms with Gasteiger partial charge in [-0.1, -0.05) is 54.8 Å². The Kier molecular flexibility index (Phi) is 9.76. The number of anilines is 1. The van der Waals surface area contributed by atoms with Crippen LogP contribution in [0.2, 0.25) is 5.02 Å². The van der Waals surface area contributed by atoms with Crippen molar-refractivity contribution in [3.05, 3.63) is 94.0 Å². The fourth-order valence-electron chi connectivity index (χ4n) is 5.09. The van der Waals surface area contributed by atoms with Crippen LogP contribution >= 0.6 is 11.6 Å². The van der Waals surface area contributed by atoms with Crippen molar-refractivity contribution < 1.29 is 18.0 Å². The van der Waals surface area contributed by atoms with Gasteiger partial charge < -0.3 is 10.2 Å². The highest BCUT2D eigenvalue weighted by Gasteiger charge is 2.33. The minimum Gasteiger partial charge on any atom is -0.352 e. The molecule has 9 heteroatoms. The van der Waals surface area contributed by atoms with Gasteiger partial charge >= 0.3 is 0 Å². The van der Waals surface area contributed by atoms with Gasteiger partial charge in [-0.25, -0.2) is 8.42 Å². The lowest BCUT2D eigenvalue weighted by Crippen LogP contribution is -2.52. The number of carbonyl (C=O) groups is 2. The van der Waals surface area contributed by atoms with Gasteiger partial charge in [0, 0.05) is 17.6 Å². The maximum atomic E-state index is 14.1. The first kappa shape index (κ1) is 30.6. The van der Waals surface area contributed by atoms with Gasteiger partial charge in [0.05, 0.1) is 10.6 Å². The van der Waals surface area contributed by atoms with E-state index in [1.807, 2.05) is 51.1 Å². The molecular formula is C32H38ClN3O4S. The fourth-order valence-corrected chi connectivity index (χ4v) is 6.62. The predicted octanol–water partition coefficient (Wildman–Crippen LogP) is 5.94. The third kappa shape index (κ3) is 7.29. The molecule has 0 heterocycles. The highest BCUT2D eigenvalue weighted by Crippen LogP contribution is 2.27. The molecule has 0 aromatic heterocycles. The summed E-state index contributed by atoms with van der Waals surface area (Å²) in [5.74, 6) is -0.713. The number of hydrogen-bond donors (Lipinski definition) is 1. The van der Waals surface area contributed by atoms with Crippen LogP contribution in [0.3, 0.4) is 0 Å². The minimum atomic E-state index is -4.15. The molecule has 0 aliphatic heterocycles. The van der Waals surface area contributed by atoms with Crippen LogP contribution in [0.5, 0.6) is 0 Å². The van der Waals surface area contributed by atoms with E-state index < -0.39 is 28.5 Å². The highest BCUT2D eigenvalue weighted by molar-refractivity contribution is 7.92. The van der Waals surface area contributed by atoms with Crippen LogP contribution in [0.25, 0.3) is 0 Å². The highest BCUT2D eigenvalue weighted by atomic mass is 35.5. The number of hydrogen-bond acceptors (Lipinski definition) is 4. The molecule has 3 aromatic carbocycles. The van der Waals surface area contributed by atoms with Crippen LogP contribution in [0, 0.1) is 20.8 Å². The molecule has 0 radical (unpaired) electrons. The maximum Gasteiger partial charge on any atom is 0.264 e. The zero-order chi connectivity index (χ0) is 29.7. The monoisotopic (exact) mass is 595 g/mol. The zero-order valence-electron chi connectivity index (χ0n) is 24.1. The number of aryl methyl sites for hydroxylation is 3. The average Bonchev–Trinajstić information content (AvgIpc) is 3.45. The molecule has 1 saturated carbocycles. The largest absolute Gasteiger partial charge is 0.352 e. The van der Waals surface area contributed by atoms with Crippen LogP contribution in [0.15, 0.2) is 71.6 Å². The number of rotatable bonds is 10. The minimum absolute atomic E-state index is 0.0189. The SMILES string of the molecule is Cc1ccc(N(CC(=O)N(Cc2ccccc2C)C(C)C(=O)NC2CCCC2)S(=O)(=O)c2ccc(Cl)cc2)cc1C.